The molecule has 9 atom stereocenters. The lowest BCUT2D eigenvalue weighted by molar-refractivity contribution is -0.165. The predicted octanol–water partition coefficient (Wildman–Crippen LogP) is -1.72. The average molecular weight is 965 g/mol. The van der Waals surface area contributed by atoms with Crippen molar-refractivity contribution in [3.05, 3.63) is 65.7 Å². The number of rotatable bonds is 15. The number of nitrogens with one attached hydrogen (secondary N) is 5. The Hall–Kier alpha value is -7.30. The molecule has 69 heavy (non-hydrogen) atoms. The molecule has 2 aliphatic rings. The van der Waals surface area contributed by atoms with Crippen molar-refractivity contribution in [2.24, 2.45) is 22.4 Å². The second-order valence-electron chi connectivity index (χ2n) is 17.5. The fourth-order valence-electron chi connectivity index (χ4n) is 8.05. The number of likely N-dealkylation sites (N-methyl/N-ethyl adjacent to an activating group) is 1. The third kappa shape index (κ3) is 15.6. The van der Waals surface area contributed by atoms with Crippen molar-refractivity contribution in [2.75, 3.05) is 13.6 Å². The zero-order valence-electron chi connectivity index (χ0n) is 39.3. The molecule has 12 N–H and O–H groups in total. The molecule has 23 nitrogen and oxygen atoms in total. The van der Waals surface area contributed by atoms with Crippen molar-refractivity contribution in [1.29, 1.82) is 0 Å². The maximum atomic E-state index is 15.0. The van der Waals surface area contributed by atoms with Gasteiger partial charge in [-0.15, -0.1) is 0 Å². The Morgan fingerprint density at radius 3 is 2.14 bits per heavy atom. The Morgan fingerprint density at radius 1 is 0.870 bits per heavy atom. The highest BCUT2D eigenvalue weighted by atomic mass is 16.5. The molecule has 2 aliphatic heterocycles. The third-order valence-corrected chi connectivity index (χ3v) is 11.8. The maximum Gasteiger partial charge on any atom is 0.329 e. The molecule has 2 bridgehead atoms. The van der Waals surface area contributed by atoms with E-state index in [1.165, 1.54) is 26.1 Å². The Balaban J connectivity index is 1.88. The number of phenols is 1. The number of aromatic hydroxyl groups is 1. The molecule has 9 unspecified atom stereocenters. The zero-order chi connectivity index (χ0) is 51.1. The number of aliphatic hydroxyl groups is 1. The Bertz CT molecular complexity index is 2190. The molecule has 2 aromatic rings. The average Bonchev–Trinajstić information content (AvgIpc) is 3.28. The number of guanidine groups is 1. The number of benzene rings is 2. The molecule has 4 rings (SSSR count). The van der Waals surface area contributed by atoms with Crippen molar-refractivity contribution in [3.8, 4) is 5.75 Å². The van der Waals surface area contributed by atoms with E-state index in [1.807, 2.05) is 0 Å². The monoisotopic (exact) mass is 964 g/mol. The maximum absolute atomic E-state index is 15.0. The second-order valence-corrected chi connectivity index (χ2v) is 17.5. The van der Waals surface area contributed by atoms with Crippen LogP contribution in [0.25, 0.3) is 0 Å². The Kier molecular flexibility index (Phi) is 19.8. The van der Waals surface area contributed by atoms with Crippen LogP contribution >= 0.6 is 0 Å². The number of aliphatic imine (C=N–C) groups is 1. The first kappa shape index (κ1) is 54.3. The van der Waals surface area contributed by atoms with Crippen LogP contribution in [-0.2, 0) is 60.7 Å². The number of cyclic esters (lactones) is 1. The second kappa shape index (κ2) is 25.2. The summed E-state index contributed by atoms with van der Waals surface area (Å²) >= 11 is 0. The van der Waals surface area contributed by atoms with Crippen LogP contribution in [0.3, 0.4) is 0 Å². The lowest BCUT2D eigenvalue weighted by atomic mass is 9.95. The number of hydrogen-bond donors (Lipinski definition) is 10. The third-order valence-electron chi connectivity index (χ3n) is 11.8. The first-order chi connectivity index (χ1) is 32.6. The van der Waals surface area contributed by atoms with Gasteiger partial charge in [-0.1, -0.05) is 56.3 Å². The molecule has 0 aromatic heterocycles. The van der Waals surface area contributed by atoms with E-state index in [1.54, 1.807) is 56.3 Å². The summed E-state index contributed by atoms with van der Waals surface area (Å²) in [5.41, 5.74) is 12.3. The highest BCUT2D eigenvalue weighted by Crippen LogP contribution is 2.26. The van der Waals surface area contributed by atoms with Crippen LogP contribution in [0.1, 0.15) is 77.3 Å². The van der Waals surface area contributed by atoms with E-state index in [2.05, 4.69) is 31.6 Å². The number of fused-ring (bicyclic) bond motifs is 2. The van der Waals surface area contributed by atoms with Crippen LogP contribution in [0.15, 0.2) is 59.6 Å². The zero-order valence-corrected chi connectivity index (χ0v) is 39.3. The van der Waals surface area contributed by atoms with E-state index in [-0.39, 0.29) is 63.2 Å². The van der Waals surface area contributed by atoms with Gasteiger partial charge in [-0.3, -0.25) is 43.3 Å². The van der Waals surface area contributed by atoms with Crippen LogP contribution < -0.4 is 38.1 Å². The number of nitrogens with two attached hydrogens (primary N) is 2. The number of ether oxygens (including phenoxy) is 1. The van der Waals surface area contributed by atoms with E-state index >= 15 is 4.79 Å². The lowest BCUT2D eigenvalue weighted by Crippen LogP contribution is -2.65. The number of piperidine rings is 1. The summed E-state index contributed by atoms with van der Waals surface area (Å²) in [7, 11) is 1.35. The number of carboxylic acids is 1. The topological polar surface area (TPSA) is 355 Å². The SMILES string of the molecule is CC(=O)NC(CC(=O)O)C(=O)NC1C(=O)NC(CCCN=C(N)N)C(=O)NC2CCC(O)N(C2=O)C(Cc2ccccc2)C(=O)N(C)C(CCc2ccc(O)cc2)C(=O)NC(C(C)C)C(=O)OC1C. The Labute approximate surface area is 399 Å². The van der Waals surface area contributed by atoms with Crippen molar-refractivity contribution in [3.63, 3.8) is 0 Å². The van der Waals surface area contributed by atoms with Gasteiger partial charge in [-0.25, -0.2) is 4.79 Å². The molecule has 2 heterocycles. The largest absolute Gasteiger partial charge is 0.508 e. The molecule has 0 spiro atoms. The number of carbonyl (C=O) groups is 9. The minimum absolute atomic E-state index is 0.00307. The summed E-state index contributed by atoms with van der Waals surface area (Å²) in [6.45, 7) is 5.42. The van der Waals surface area contributed by atoms with Crippen molar-refractivity contribution in [1.82, 2.24) is 36.4 Å². The van der Waals surface area contributed by atoms with Crippen LogP contribution in [0.4, 0.5) is 0 Å². The van der Waals surface area contributed by atoms with E-state index in [0.29, 0.717) is 11.1 Å². The molecular formula is C46H64N10O13. The molecule has 376 valence electrons. The molecular weight excluding hydrogens is 901 g/mol. The number of nitrogens with zero attached hydrogens (tertiary/aromatic N) is 3. The molecule has 2 saturated heterocycles. The van der Waals surface area contributed by atoms with E-state index in [9.17, 15) is 53.7 Å². The van der Waals surface area contributed by atoms with Crippen molar-refractivity contribution < 1.29 is 63.2 Å². The minimum atomic E-state index is -1.88. The molecule has 7 amide bonds. The number of carbonyl (C=O) groups excluding carboxylic acids is 8. The molecule has 0 aliphatic carbocycles. The molecule has 2 aromatic carbocycles. The molecule has 2 fully saturated rings. The number of aryl methyl sites for hydroxylation is 1. The van der Waals surface area contributed by atoms with Gasteiger partial charge in [0.25, 0.3) is 0 Å². The molecule has 23 heteroatoms. The first-order valence-corrected chi connectivity index (χ1v) is 22.6. The van der Waals surface area contributed by atoms with Crippen molar-refractivity contribution in [2.45, 2.75) is 134 Å². The fraction of sp³-hybridized carbons (Fsp3) is 0.522. The summed E-state index contributed by atoms with van der Waals surface area (Å²) < 4.78 is 5.78. The van der Waals surface area contributed by atoms with Gasteiger partial charge in [0.15, 0.2) is 5.96 Å². The van der Waals surface area contributed by atoms with E-state index in [4.69, 9.17) is 16.2 Å². The first-order valence-electron chi connectivity index (χ1n) is 22.6. The van der Waals surface area contributed by atoms with Gasteiger partial charge in [0.05, 0.1) is 6.42 Å². The standard InChI is InChI=1S/C46H64N10O13/c1-24(2)37-45(68)69-25(3)38(54-40(63)32(23-36(60)61)50-26(4)57)42(65)51-30(12-9-21-49-46(47)48)39(62)52-31-18-20-35(59)56(43(31)66)34(22-28-10-7-6-8-11-28)44(67)55(5)33(41(64)53-37)19-15-27-13-16-29(58)17-14-27/h6-8,10-11,13-14,16-17,24-25,30-35,37-38,58-59H,9,12,15,18-23H2,1-5H3,(H,50,57)(H,51,65)(H,52,62)(H,53,64)(H,54,63)(H,60,61)(H4,47,48,49). The van der Waals surface area contributed by atoms with Crippen LogP contribution in [0.2, 0.25) is 0 Å². The van der Waals surface area contributed by atoms with E-state index in [0.717, 1.165) is 16.7 Å². The summed E-state index contributed by atoms with van der Waals surface area (Å²) in [6, 6.07) is 4.09. The van der Waals surface area contributed by atoms with Gasteiger partial charge in [0.2, 0.25) is 41.4 Å². The Morgan fingerprint density at radius 2 is 1.54 bits per heavy atom. The molecule has 0 radical (unpaired) electrons. The molecule has 0 saturated carbocycles. The number of carboxylic acid groups (broad SMARTS) is 1. The van der Waals surface area contributed by atoms with Gasteiger partial charge < -0.3 is 67.9 Å². The quantitative estimate of drug-likeness (QED) is 0.0411. The summed E-state index contributed by atoms with van der Waals surface area (Å²) in [5, 5.41) is 43.4. The number of amides is 7. The minimum Gasteiger partial charge on any atom is -0.508 e. The number of aliphatic hydroxyl groups excluding tert-OH is 1. The van der Waals surface area contributed by atoms with Crippen LogP contribution in [-0.4, -0.2) is 153 Å². The highest BCUT2D eigenvalue weighted by Gasteiger charge is 2.46. The summed E-state index contributed by atoms with van der Waals surface area (Å²) in [4.78, 5) is 131. The highest BCUT2D eigenvalue weighted by molar-refractivity contribution is 5.98. The number of phenolic OH excluding ortho intramolecular Hbond substituents is 1. The summed E-state index contributed by atoms with van der Waals surface area (Å²) in [6.07, 6.45) is -4.37. The number of aliphatic carboxylic acids is 1. The van der Waals surface area contributed by atoms with Crippen molar-refractivity contribution >= 4 is 59.2 Å². The van der Waals surface area contributed by atoms with Gasteiger partial charge in [0.1, 0.15) is 60.4 Å². The van der Waals surface area contributed by atoms with Gasteiger partial charge in [0, 0.05) is 26.9 Å². The van der Waals surface area contributed by atoms with Gasteiger partial charge in [-0.2, -0.15) is 0 Å². The van der Waals surface area contributed by atoms with Gasteiger partial charge in [-0.05, 0) is 74.6 Å². The smallest absolute Gasteiger partial charge is 0.329 e. The summed E-state index contributed by atoms with van der Waals surface area (Å²) in [5.74, 6) is -9.95. The predicted molar refractivity (Wildman–Crippen MR) is 247 cm³/mol. The van der Waals surface area contributed by atoms with Crippen LogP contribution in [0, 0.1) is 5.92 Å². The lowest BCUT2D eigenvalue weighted by Gasteiger charge is -2.43. The van der Waals surface area contributed by atoms with E-state index < -0.39 is 120 Å². The van der Waals surface area contributed by atoms with Crippen LogP contribution in [0.5, 0.6) is 5.75 Å². The number of hydrogen-bond acceptors (Lipinski definition) is 13. The number of esters is 1. The normalized spacial score (nSPS) is 24.6. The van der Waals surface area contributed by atoms with Gasteiger partial charge >= 0.3 is 11.9 Å². The fourth-order valence-corrected chi connectivity index (χ4v) is 8.05.